The van der Waals surface area contributed by atoms with Gasteiger partial charge in [0.2, 0.25) is 0 Å². The fourth-order valence-corrected chi connectivity index (χ4v) is 2.21. The molecule has 2 heteroatoms. The van der Waals surface area contributed by atoms with Gasteiger partial charge >= 0.3 is 0 Å². The van der Waals surface area contributed by atoms with Crippen molar-refractivity contribution in [2.24, 2.45) is 5.92 Å². The van der Waals surface area contributed by atoms with Crippen LogP contribution in [0.1, 0.15) is 30.7 Å². The summed E-state index contributed by atoms with van der Waals surface area (Å²) >= 11 is 0. The van der Waals surface area contributed by atoms with E-state index in [2.05, 4.69) is 16.4 Å². The lowest BCUT2D eigenvalue weighted by atomic mass is 9.70. The number of nitrogens with zero attached hydrogens (tertiary/aromatic N) is 1. The third-order valence-corrected chi connectivity index (χ3v) is 3.19. The molecule has 0 aromatic carbocycles. The Morgan fingerprint density at radius 3 is 3.00 bits per heavy atom. The first-order valence-electron chi connectivity index (χ1n) is 5.44. The monoisotopic (exact) mass is 190 g/mol. The normalized spacial score (nSPS) is 25.8. The molecule has 0 unspecified atom stereocenters. The van der Waals surface area contributed by atoms with Crippen molar-refractivity contribution in [3.05, 3.63) is 30.1 Å². The van der Waals surface area contributed by atoms with Crippen LogP contribution in [0, 0.1) is 5.92 Å². The number of pyridine rings is 1. The van der Waals surface area contributed by atoms with Crippen LogP contribution in [0.15, 0.2) is 24.5 Å². The zero-order valence-electron chi connectivity index (χ0n) is 8.74. The third kappa shape index (κ3) is 2.13. The number of rotatable bonds is 4. The van der Waals surface area contributed by atoms with Gasteiger partial charge in [0.1, 0.15) is 0 Å². The summed E-state index contributed by atoms with van der Waals surface area (Å²) < 4.78 is 0. The first-order valence-corrected chi connectivity index (χ1v) is 5.44. The molecule has 1 N–H and O–H groups in total. The van der Waals surface area contributed by atoms with Crippen LogP contribution in [0.3, 0.4) is 0 Å². The molecule has 1 aliphatic rings. The van der Waals surface area contributed by atoms with Gasteiger partial charge in [-0.15, -0.1) is 0 Å². The van der Waals surface area contributed by atoms with E-state index in [4.69, 9.17) is 0 Å². The first-order chi connectivity index (χ1) is 6.90. The number of hydrogen-bond acceptors (Lipinski definition) is 2. The fraction of sp³-hybridized carbons (Fsp3) is 0.583. The van der Waals surface area contributed by atoms with E-state index in [-0.39, 0.29) is 0 Å². The molecule has 0 bridgehead atoms. The Labute approximate surface area is 85.7 Å². The molecule has 0 radical (unpaired) electrons. The van der Waals surface area contributed by atoms with E-state index in [9.17, 15) is 0 Å². The molecule has 1 aliphatic carbocycles. The smallest absolute Gasteiger partial charge is 0.0302 e. The molecule has 2 rings (SSSR count). The van der Waals surface area contributed by atoms with Crippen LogP contribution in [-0.2, 0) is 0 Å². The summed E-state index contributed by atoms with van der Waals surface area (Å²) in [5, 5.41) is 3.21. The lowest BCUT2D eigenvalue weighted by Crippen LogP contribution is -2.25. The molecule has 0 saturated heterocycles. The van der Waals surface area contributed by atoms with E-state index in [0.29, 0.717) is 0 Å². The molecular weight excluding hydrogens is 172 g/mol. The molecule has 0 atom stereocenters. The second-order valence-corrected chi connectivity index (χ2v) is 4.21. The fourth-order valence-electron chi connectivity index (χ4n) is 2.21. The van der Waals surface area contributed by atoms with Gasteiger partial charge in [-0.25, -0.2) is 0 Å². The standard InChI is InChI=1S/C12H18N2/c1-13-6-4-10-7-12(8-10)11-3-2-5-14-9-11/h2-3,5,9-10,12-13H,4,6-8H2,1H3. The van der Waals surface area contributed by atoms with Gasteiger partial charge in [-0.3, -0.25) is 4.98 Å². The van der Waals surface area contributed by atoms with Crippen LogP contribution in [0.25, 0.3) is 0 Å². The molecule has 1 aromatic heterocycles. The molecule has 0 amide bonds. The summed E-state index contributed by atoms with van der Waals surface area (Å²) in [6.07, 6.45) is 7.90. The summed E-state index contributed by atoms with van der Waals surface area (Å²) in [4.78, 5) is 4.16. The third-order valence-electron chi connectivity index (χ3n) is 3.19. The maximum Gasteiger partial charge on any atom is 0.0302 e. The van der Waals surface area contributed by atoms with E-state index in [1.54, 1.807) is 0 Å². The Morgan fingerprint density at radius 1 is 1.50 bits per heavy atom. The summed E-state index contributed by atoms with van der Waals surface area (Å²) in [6.45, 7) is 1.16. The quantitative estimate of drug-likeness (QED) is 0.787. The highest BCUT2D eigenvalue weighted by molar-refractivity contribution is 5.17. The SMILES string of the molecule is CNCCC1CC(c2cccnc2)C1. The number of hydrogen-bond donors (Lipinski definition) is 1. The van der Waals surface area contributed by atoms with Gasteiger partial charge in [-0.05, 0) is 56.3 Å². The molecule has 76 valence electrons. The molecule has 1 saturated carbocycles. The molecule has 2 nitrogen and oxygen atoms in total. The van der Waals surface area contributed by atoms with Crippen LogP contribution in [-0.4, -0.2) is 18.6 Å². The molecule has 0 aliphatic heterocycles. The van der Waals surface area contributed by atoms with Crippen molar-refractivity contribution < 1.29 is 0 Å². The minimum absolute atomic E-state index is 0.783. The lowest BCUT2D eigenvalue weighted by Gasteiger charge is -2.35. The summed E-state index contributed by atoms with van der Waals surface area (Å²) in [7, 11) is 2.03. The Morgan fingerprint density at radius 2 is 2.36 bits per heavy atom. The molecule has 1 fully saturated rings. The largest absolute Gasteiger partial charge is 0.320 e. The van der Waals surface area contributed by atoms with Gasteiger partial charge in [-0.1, -0.05) is 6.07 Å². The minimum Gasteiger partial charge on any atom is -0.320 e. The second kappa shape index (κ2) is 4.56. The Kier molecular flexibility index (Phi) is 3.14. The van der Waals surface area contributed by atoms with Gasteiger partial charge in [0, 0.05) is 12.4 Å². The van der Waals surface area contributed by atoms with Crippen molar-refractivity contribution in [1.82, 2.24) is 10.3 Å². The molecule has 1 heterocycles. The average Bonchev–Trinajstić information content (AvgIpc) is 2.17. The molecule has 14 heavy (non-hydrogen) atoms. The van der Waals surface area contributed by atoms with E-state index < -0.39 is 0 Å². The van der Waals surface area contributed by atoms with Crippen LogP contribution in [0.5, 0.6) is 0 Å². The predicted molar refractivity (Wildman–Crippen MR) is 58.2 cm³/mol. The Hall–Kier alpha value is -0.890. The van der Waals surface area contributed by atoms with Crippen molar-refractivity contribution in [2.75, 3.05) is 13.6 Å². The van der Waals surface area contributed by atoms with E-state index >= 15 is 0 Å². The summed E-state index contributed by atoms with van der Waals surface area (Å²) in [6, 6.07) is 4.24. The average molecular weight is 190 g/mol. The second-order valence-electron chi connectivity index (χ2n) is 4.21. The topological polar surface area (TPSA) is 24.9 Å². The zero-order chi connectivity index (χ0) is 9.80. The molecule has 0 spiro atoms. The van der Waals surface area contributed by atoms with Gasteiger partial charge < -0.3 is 5.32 Å². The zero-order valence-corrected chi connectivity index (χ0v) is 8.74. The van der Waals surface area contributed by atoms with Crippen molar-refractivity contribution in [3.63, 3.8) is 0 Å². The molecule has 1 aromatic rings. The van der Waals surface area contributed by atoms with Crippen LogP contribution < -0.4 is 5.32 Å². The highest BCUT2D eigenvalue weighted by Crippen LogP contribution is 2.42. The van der Waals surface area contributed by atoms with E-state index in [0.717, 1.165) is 18.4 Å². The van der Waals surface area contributed by atoms with Crippen LogP contribution in [0.2, 0.25) is 0 Å². The number of nitrogens with one attached hydrogen (secondary N) is 1. The van der Waals surface area contributed by atoms with Gasteiger partial charge in [0.25, 0.3) is 0 Å². The highest BCUT2D eigenvalue weighted by Gasteiger charge is 2.29. The van der Waals surface area contributed by atoms with Gasteiger partial charge in [0.05, 0.1) is 0 Å². The first kappa shape index (κ1) is 9.66. The van der Waals surface area contributed by atoms with E-state index in [1.807, 2.05) is 25.5 Å². The van der Waals surface area contributed by atoms with Gasteiger partial charge in [0.15, 0.2) is 0 Å². The maximum absolute atomic E-state index is 4.16. The summed E-state index contributed by atoms with van der Waals surface area (Å²) in [5.41, 5.74) is 1.42. The van der Waals surface area contributed by atoms with E-state index in [1.165, 1.54) is 24.8 Å². The predicted octanol–water partition coefficient (Wildman–Crippen LogP) is 2.18. The maximum atomic E-state index is 4.16. The lowest BCUT2D eigenvalue weighted by molar-refractivity contribution is 0.247. The van der Waals surface area contributed by atoms with Crippen molar-refractivity contribution in [3.8, 4) is 0 Å². The van der Waals surface area contributed by atoms with Crippen molar-refractivity contribution in [2.45, 2.75) is 25.2 Å². The number of aromatic nitrogens is 1. The highest BCUT2D eigenvalue weighted by atomic mass is 14.8. The molecular formula is C12H18N2. The van der Waals surface area contributed by atoms with Crippen molar-refractivity contribution >= 4 is 0 Å². The summed E-state index contributed by atoms with van der Waals surface area (Å²) in [5.74, 6) is 1.72. The van der Waals surface area contributed by atoms with Crippen molar-refractivity contribution in [1.29, 1.82) is 0 Å². The minimum atomic E-state index is 0.783. The van der Waals surface area contributed by atoms with Crippen LogP contribution in [0.4, 0.5) is 0 Å². The van der Waals surface area contributed by atoms with Crippen LogP contribution >= 0.6 is 0 Å². The van der Waals surface area contributed by atoms with Gasteiger partial charge in [-0.2, -0.15) is 0 Å². The Bertz CT molecular complexity index is 265. The Balaban J connectivity index is 1.78.